The molecular weight excluding hydrogens is 306 g/mol. The molecule has 0 aromatic heterocycles. The highest BCUT2D eigenvalue weighted by Gasteiger charge is 2.24. The lowest BCUT2D eigenvalue weighted by Crippen LogP contribution is -2.11. The SMILES string of the molecule is Cc1ccc(NC2COc3cc(O)ccc32)cc1Br. The minimum absolute atomic E-state index is 0.116. The van der Waals surface area contributed by atoms with E-state index in [0.717, 1.165) is 21.5 Å². The molecule has 19 heavy (non-hydrogen) atoms. The lowest BCUT2D eigenvalue weighted by Gasteiger charge is -2.14. The first kappa shape index (κ1) is 12.4. The van der Waals surface area contributed by atoms with E-state index in [4.69, 9.17) is 4.74 Å². The number of rotatable bonds is 2. The third-order valence-corrected chi connectivity index (χ3v) is 4.15. The standard InChI is InChI=1S/C15H14BrNO2/c1-9-2-3-10(6-13(9)16)17-14-8-19-15-7-11(18)4-5-12(14)15/h2-7,14,17-18H,8H2,1H3. The second kappa shape index (κ2) is 4.78. The average Bonchev–Trinajstić information content (AvgIpc) is 2.76. The van der Waals surface area contributed by atoms with Gasteiger partial charge in [-0.25, -0.2) is 0 Å². The van der Waals surface area contributed by atoms with E-state index >= 15 is 0 Å². The second-order valence-electron chi connectivity index (χ2n) is 4.69. The van der Waals surface area contributed by atoms with Gasteiger partial charge < -0.3 is 15.2 Å². The molecule has 1 heterocycles. The van der Waals surface area contributed by atoms with Crippen molar-refractivity contribution in [1.82, 2.24) is 0 Å². The summed E-state index contributed by atoms with van der Waals surface area (Å²) in [6.07, 6.45) is 0. The third kappa shape index (κ3) is 2.40. The molecule has 0 bridgehead atoms. The number of anilines is 1. The number of fused-ring (bicyclic) bond motifs is 1. The summed E-state index contributed by atoms with van der Waals surface area (Å²) in [5.74, 6) is 0.987. The van der Waals surface area contributed by atoms with Crippen LogP contribution in [0.15, 0.2) is 40.9 Å². The Balaban J connectivity index is 1.84. The lowest BCUT2D eigenvalue weighted by atomic mass is 10.1. The normalized spacial score (nSPS) is 16.8. The van der Waals surface area contributed by atoms with Crippen LogP contribution in [0.4, 0.5) is 5.69 Å². The van der Waals surface area contributed by atoms with Gasteiger partial charge in [0.2, 0.25) is 0 Å². The highest BCUT2D eigenvalue weighted by Crippen LogP contribution is 2.37. The molecule has 0 fully saturated rings. The number of phenolic OH excluding ortho intramolecular Hbond substituents is 1. The molecular formula is C15H14BrNO2. The molecule has 4 heteroatoms. The van der Waals surface area contributed by atoms with E-state index in [0.29, 0.717) is 6.61 Å². The minimum atomic E-state index is 0.116. The summed E-state index contributed by atoms with van der Waals surface area (Å²) in [5.41, 5.74) is 3.33. The molecule has 0 amide bonds. The highest BCUT2D eigenvalue weighted by atomic mass is 79.9. The predicted molar refractivity (Wildman–Crippen MR) is 78.8 cm³/mol. The van der Waals surface area contributed by atoms with Crippen LogP contribution in [0.1, 0.15) is 17.2 Å². The molecule has 0 aliphatic carbocycles. The van der Waals surface area contributed by atoms with E-state index in [1.807, 2.05) is 6.07 Å². The van der Waals surface area contributed by atoms with Crippen LogP contribution in [0, 0.1) is 6.92 Å². The Kier molecular flexibility index (Phi) is 3.11. The van der Waals surface area contributed by atoms with Crippen LogP contribution in [0.3, 0.4) is 0 Å². The number of hydrogen-bond donors (Lipinski definition) is 2. The summed E-state index contributed by atoms with van der Waals surface area (Å²) >= 11 is 3.53. The van der Waals surface area contributed by atoms with Crippen molar-refractivity contribution in [1.29, 1.82) is 0 Å². The number of aryl methyl sites for hydroxylation is 1. The van der Waals surface area contributed by atoms with Crippen molar-refractivity contribution in [3.05, 3.63) is 52.0 Å². The van der Waals surface area contributed by atoms with Gasteiger partial charge in [-0.1, -0.05) is 22.0 Å². The van der Waals surface area contributed by atoms with Gasteiger partial charge in [-0.15, -0.1) is 0 Å². The molecule has 98 valence electrons. The molecule has 0 saturated heterocycles. The zero-order valence-electron chi connectivity index (χ0n) is 10.5. The van der Waals surface area contributed by atoms with Gasteiger partial charge in [0, 0.05) is 21.8 Å². The van der Waals surface area contributed by atoms with E-state index in [1.165, 1.54) is 5.56 Å². The van der Waals surface area contributed by atoms with E-state index in [-0.39, 0.29) is 11.8 Å². The second-order valence-corrected chi connectivity index (χ2v) is 5.55. The number of halogens is 1. The number of hydrogen-bond acceptors (Lipinski definition) is 3. The molecule has 1 unspecified atom stereocenters. The number of ether oxygens (including phenoxy) is 1. The molecule has 0 radical (unpaired) electrons. The zero-order chi connectivity index (χ0) is 13.4. The fraction of sp³-hybridized carbons (Fsp3) is 0.200. The first-order valence-electron chi connectivity index (χ1n) is 6.12. The third-order valence-electron chi connectivity index (χ3n) is 3.29. The van der Waals surface area contributed by atoms with E-state index < -0.39 is 0 Å². The van der Waals surface area contributed by atoms with Crippen LogP contribution in [0.2, 0.25) is 0 Å². The molecule has 2 N–H and O–H groups in total. The molecule has 3 nitrogen and oxygen atoms in total. The molecule has 1 atom stereocenters. The van der Waals surface area contributed by atoms with E-state index in [1.54, 1.807) is 12.1 Å². The van der Waals surface area contributed by atoms with Crippen LogP contribution >= 0.6 is 15.9 Å². The summed E-state index contributed by atoms with van der Waals surface area (Å²) in [4.78, 5) is 0. The van der Waals surface area contributed by atoms with Crippen molar-refractivity contribution in [2.45, 2.75) is 13.0 Å². The zero-order valence-corrected chi connectivity index (χ0v) is 12.1. The Labute approximate surface area is 120 Å². The fourth-order valence-corrected chi connectivity index (χ4v) is 2.58. The van der Waals surface area contributed by atoms with Gasteiger partial charge in [0.05, 0.1) is 6.04 Å². The van der Waals surface area contributed by atoms with Crippen LogP contribution in [0.25, 0.3) is 0 Å². The van der Waals surface area contributed by atoms with Gasteiger partial charge in [0.15, 0.2) is 0 Å². The topological polar surface area (TPSA) is 41.5 Å². The molecule has 0 saturated carbocycles. The van der Waals surface area contributed by atoms with Gasteiger partial charge in [0.1, 0.15) is 18.1 Å². The number of phenols is 1. The smallest absolute Gasteiger partial charge is 0.128 e. The van der Waals surface area contributed by atoms with Crippen LogP contribution < -0.4 is 10.1 Å². The number of benzene rings is 2. The summed E-state index contributed by atoms with van der Waals surface area (Å²) in [6.45, 7) is 2.63. The van der Waals surface area contributed by atoms with Crippen molar-refractivity contribution >= 4 is 21.6 Å². The summed E-state index contributed by atoms with van der Waals surface area (Å²) in [5, 5.41) is 12.9. The van der Waals surface area contributed by atoms with Crippen molar-refractivity contribution in [2.24, 2.45) is 0 Å². The first-order chi connectivity index (χ1) is 9.13. The highest BCUT2D eigenvalue weighted by molar-refractivity contribution is 9.10. The van der Waals surface area contributed by atoms with E-state index in [2.05, 4.69) is 46.4 Å². The summed E-state index contributed by atoms with van der Waals surface area (Å²) in [7, 11) is 0. The van der Waals surface area contributed by atoms with Crippen molar-refractivity contribution in [3.8, 4) is 11.5 Å². The van der Waals surface area contributed by atoms with Gasteiger partial charge in [0.25, 0.3) is 0 Å². The molecule has 3 rings (SSSR count). The monoisotopic (exact) mass is 319 g/mol. The van der Waals surface area contributed by atoms with Crippen molar-refractivity contribution < 1.29 is 9.84 Å². The lowest BCUT2D eigenvalue weighted by molar-refractivity contribution is 0.338. The molecule has 1 aliphatic heterocycles. The molecule has 1 aliphatic rings. The van der Waals surface area contributed by atoms with Crippen molar-refractivity contribution in [3.63, 3.8) is 0 Å². The van der Waals surface area contributed by atoms with Crippen LogP contribution in [-0.4, -0.2) is 11.7 Å². The average molecular weight is 320 g/mol. The summed E-state index contributed by atoms with van der Waals surface area (Å²) in [6, 6.07) is 11.5. The Bertz CT molecular complexity index is 628. The van der Waals surface area contributed by atoms with Gasteiger partial charge in [-0.05, 0) is 36.8 Å². The number of aromatic hydroxyl groups is 1. The molecule has 2 aromatic rings. The molecule has 0 spiro atoms. The van der Waals surface area contributed by atoms with E-state index in [9.17, 15) is 5.11 Å². The Morgan fingerprint density at radius 2 is 2.11 bits per heavy atom. The summed E-state index contributed by atoms with van der Waals surface area (Å²) < 4.78 is 6.67. The van der Waals surface area contributed by atoms with Crippen LogP contribution in [0.5, 0.6) is 11.5 Å². The van der Waals surface area contributed by atoms with Crippen molar-refractivity contribution in [2.75, 3.05) is 11.9 Å². The first-order valence-corrected chi connectivity index (χ1v) is 6.91. The van der Waals surface area contributed by atoms with Gasteiger partial charge >= 0.3 is 0 Å². The minimum Gasteiger partial charge on any atom is -0.508 e. The quantitative estimate of drug-likeness (QED) is 0.878. The maximum absolute atomic E-state index is 9.43. The largest absolute Gasteiger partial charge is 0.508 e. The Morgan fingerprint density at radius 1 is 1.26 bits per heavy atom. The maximum atomic E-state index is 9.43. The van der Waals surface area contributed by atoms with Gasteiger partial charge in [-0.3, -0.25) is 0 Å². The van der Waals surface area contributed by atoms with Crippen LogP contribution in [-0.2, 0) is 0 Å². The predicted octanol–water partition coefficient (Wildman–Crippen LogP) is 4.01. The molecule has 2 aromatic carbocycles. The Hall–Kier alpha value is -1.68. The van der Waals surface area contributed by atoms with Gasteiger partial charge in [-0.2, -0.15) is 0 Å². The fourth-order valence-electron chi connectivity index (χ4n) is 2.20. The number of nitrogens with one attached hydrogen (secondary N) is 1. The Morgan fingerprint density at radius 3 is 2.89 bits per heavy atom. The maximum Gasteiger partial charge on any atom is 0.128 e.